The zero-order chi connectivity index (χ0) is 16.1. The molecule has 0 spiro atoms. The Morgan fingerprint density at radius 1 is 1.00 bits per heavy atom. The number of fused-ring (bicyclic) bond motifs is 1. The molecule has 0 aliphatic heterocycles. The highest BCUT2D eigenvalue weighted by Crippen LogP contribution is 2.28. The van der Waals surface area contributed by atoms with Crippen LogP contribution in [0.1, 0.15) is 13.3 Å². The smallest absolute Gasteiger partial charge is 0.229 e. The third-order valence-electron chi connectivity index (χ3n) is 3.50. The van der Waals surface area contributed by atoms with E-state index >= 15 is 0 Å². The molecule has 1 aromatic heterocycles. The Bertz CT molecular complexity index is 804. The third-order valence-corrected chi connectivity index (χ3v) is 3.50. The Labute approximate surface area is 135 Å². The van der Waals surface area contributed by atoms with E-state index in [0.717, 1.165) is 41.1 Å². The molecule has 0 fully saturated rings. The van der Waals surface area contributed by atoms with Gasteiger partial charge in [0.15, 0.2) is 0 Å². The van der Waals surface area contributed by atoms with Gasteiger partial charge in [-0.2, -0.15) is 4.98 Å². The molecule has 0 bridgehead atoms. The minimum atomic E-state index is 0.548. The number of methoxy groups -OCH3 is 1. The van der Waals surface area contributed by atoms with Crippen LogP contribution in [0.5, 0.6) is 5.75 Å². The summed E-state index contributed by atoms with van der Waals surface area (Å²) in [5, 5.41) is 7.63. The van der Waals surface area contributed by atoms with E-state index in [1.165, 1.54) is 0 Å². The van der Waals surface area contributed by atoms with Crippen molar-refractivity contribution in [3.05, 3.63) is 48.5 Å². The van der Waals surface area contributed by atoms with E-state index < -0.39 is 0 Å². The summed E-state index contributed by atoms with van der Waals surface area (Å²) < 4.78 is 5.37. The first-order valence-corrected chi connectivity index (χ1v) is 7.72. The van der Waals surface area contributed by atoms with E-state index in [4.69, 9.17) is 4.74 Å². The Morgan fingerprint density at radius 2 is 1.78 bits per heavy atom. The number of nitrogens with zero attached hydrogens (tertiary/aromatic N) is 2. The third kappa shape index (κ3) is 3.34. The van der Waals surface area contributed by atoms with Crippen molar-refractivity contribution >= 4 is 28.4 Å². The molecule has 0 amide bonds. The van der Waals surface area contributed by atoms with Gasteiger partial charge in [-0.15, -0.1) is 0 Å². The van der Waals surface area contributed by atoms with Crippen LogP contribution in [-0.4, -0.2) is 23.6 Å². The molecule has 0 saturated carbocycles. The molecule has 0 aliphatic rings. The molecule has 5 heteroatoms. The number of nitrogens with one attached hydrogen (secondary N) is 2. The first-order chi connectivity index (χ1) is 11.3. The van der Waals surface area contributed by atoms with Crippen molar-refractivity contribution < 1.29 is 4.74 Å². The molecule has 1 heterocycles. The summed E-state index contributed by atoms with van der Waals surface area (Å²) in [6.45, 7) is 3.00. The standard InChI is InChI=1S/C18H20N4O/c1-3-12-19-17-13-8-4-5-9-14(13)20-18(22-17)21-15-10-6-7-11-16(15)23-2/h4-11H,3,12H2,1-2H3,(H2,19,20,21,22). The summed E-state index contributed by atoms with van der Waals surface area (Å²) in [4.78, 5) is 9.22. The van der Waals surface area contributed by atoms with E-state index in [-0.39, 0.29) is 0 Å². The van der Waals surface area contributed by atoms with Crippen molar-refractivity contribution in [3.63, 3.8) is 0 Å². The number of benzene rings is 2. The van der Waals surface area contributed by atoms with E-state index in [1.807, 2.05) is 48.5 Å². The molecule has 0 saturated heterocycles. The molecule has 0 atom stereocenters. The molecule has 0 radical (unpaired) electrons. The molecule has 3 rings (SSSR count). The van der Waals surface area contributed by atoms with Crippen LogP contribution in [-0.2, 0) is 0 Å². The lowest BCUT2D eigenvalue weighted by molar-refractivity contribution is 0.417. The maximum atomic E-state index is 5.37. The average molecular weight is 308 g/mol. The monoisotopic (exact) mass is 308 g/mol. The molecule has 0 unspecified atom stereocenters. The summed E-state index contributed by atoms with van der Waals surface area (Å²) in [7, 11) is 1.65. The van der Waals surface area contributed by atoms with Crippen molar-refractivity contribution in [1.29, 1.82) is 0 Å². The fourth-order valence-electron chi connectivity index (χ4n) is 2.38. The van der Waals surface area contributed by atoms with E-state index in [9.17, 15) is 0 Å². The Morgan fingerprint density at radius 3 is 2.61 bits per heavy atom. The van der Waals surface area contributed by atoms with E-state index in [2.05, 4.69) is 27.5 Å². The van der Waals surface area contributed by atoms with E-state index in [0.29, 0.717) is 5.95 Å². The number of anilines is 3. The van der Waals surface area contributed by atoms with Gasteiger partial charge in [0.25, 0.3) is 0 Å². The van der Waals surface area contributed by atoms with Gasteiger partial charge in [0.05, 0.1) is 18.3 Å². The van der Waals surface area contributed by atoms with Crippen LogP contribution >= 0.6 is 0 Å². The molecule has 2 aromatic carbocycles. The lowest BCUT2D eigenvalue weighted by Crippen LogP contribution is -2.06. The van der Waals surface area contributed by atoms with Gasteiger partial charge >= 0.3 is 0 Å². The molecule has 2 N–H and O–H groups in total. The Kier molecular flexibility index (Phi) is 4.57. The van der Waals surface area contributed by atoms with E-state index in [1.54, 1.807) is 7.11 Å². The maximum absolute atomic E-state index is 5.37. The minimum Gasteiger partial charge on any atom is -0.495 e. The van der Waals surface area contributed by atoms with Gasteiger partial charge in [0.2, 0.25) is 5.95 Å². The number of rotatable bonds is 6. The molecule has 118 valence electrons. The number of aromatic nitrogens is 2. The Balaban J connectivity index is 2.00. The van der Waals surface area contributed by atoms with Gasteiger partial charge in [-0.05, 0) is 30.7 Å². The van der Waals surface area contributed by atoms with Crippen LogP contribution in [0, 0.1) is 0 Å². The quantitative estimate of drug-likeness (QED) is 0.714. The largest absolute Gasteiger partial charge is 0.495 e. The molecule has 0 aliphatic carbocycles. The van der Waals surface area contributed by atoms with Crippen LogP contribution in [0.4, 0.5) is 17.5 Å². The highest BCUT2D eigenvalue weighted by Gasteiger charge is 2.09. The van der Waals surface area contributed by atoms with Crippen LogP contribution in [0.15, 0.2) is 48.5 Å². The van der Waals surface area contributed by atoms with Gasteiger partial charge in [0.1, 0.15) is 11.6 Å². The molecule has 5 nitrogen and oxygen atoms in total. The van der Waals surface area contributed by atoms with Gasteiger partial charge in [-0.25, -0.2) is 4.98 Å². The predicted octanol–water partition coefficient (Wildman–Crippen LogP) is 4.20. The van der Waals surface area contributed by atoms with Crippen molar-refractivity contribution in [2.24, 2.45) is 0 Å². The van der Waals surface area contributed by atoms with Crippen LogP contribution < -0.4 is 15.4 Å². The van der Waals surface area contributed by atoms with Gasteiger partial charge < -0.3 is 15.4 Å². The lowest BCUT2D eigenvalue weighted by atomic mass is 10.2. The zero-order valence-electron chi connectivity index (χ0n) is 13.3. The number of ether oxygens (including phenoxy) is 1. The second-order valence-corrected chi connectivity index (χ2v) is 5.17. The molecular formula is C18H20N4O. The van der Waals surface area contributed by atoms with Gasteiger partial charge in [0, 0.05) is 11.9 Å². The van der Waals surface area contributed by atoms with Crippen molar-refractivity contribution in [2.45, 2.75) is 13.3 Å². The summed E-state index contributed by atoms with van der Waals surface area (Å²) in [5.74, 6) is 2.15. The summed E-state index contributed by atoms with van der Waals surface area (Å²) in [5.41, 5.74) is 1.74. The van der Waals surface area contributed by atoms with Crippen LogP contribution in [0.2, 0.25) is 0 Å². The molecular weight excluding hydrogens is 288 g/mol. The van der Waals surface area contributed by atoms with Crippen LogP contribution in [0.3, 0.4) is 0 Å². The number of hydrogen-bond acceptors (Lipinski definition) is 5. The number of para-hydroxylation sites is 3. The predicted molar refractivity (Wildman–Crippen MR) is 94.6 cm³/mol. The second kappa shape index (κ2) is 6.96. The summed E-state index contributed by atoms with van der Waals surface area (Å²) >= 11 is 0. The second-order valence-electron chi connectivity index (χ2n) is 5.17. The Hall–Kier alpha value is -2.82. The van der Waals surface area contributed by atoms with Gasteiger partial charge in [-0.3, -0.25) is 0 Å². The molecule has 3 aromatic rings. The van der Waals surface area contributed by atoms with Crippen molar-refractivity contribution in [1.82, 2.24) is 9.97 Å². The molecule has 23 heavy (non-hydrogen) atoms. The van der Waals surface area contributed by atoms with Gasteiger partial charge in [-0.1, -0.05) is 31.2 Å². The normalized spacial score (nSPS) is 10.5. The van der Waals surface area contributed by atoms with Crippen LogP contribution in [0.25, 0.3) is 10.9 Å². The first-order valence-electron chi connectivity index (χ1n) is 7.72. The maximum Gasteiger partial charge on any atom is 0.229 e. The fourth-order valence-corrected chi connectivity index (χ4v) is 2.38. The fraction of sp³-hybridized carbons (Fsp3) is 0.222. The zero-order valence-corrected chi connectivity index (χ0v) is 13.3. The summed E-state index contributed by atoms with van der Waals surface area (Å²) in [6, 6.07) is 15.7. The highest BCUT2D eigenvalue weighted by molar-refractivity contribution is 5.90. The number of hydrogen-bond donors (Lipinski definition) is 2. The topological polar surface area (TPSA) is 59.1 Å². The summed E-state index contributed by atoms with van der Waals surface area (Å²) in [6.07, 6.45) is 1.04. The average Bonchev–Trinajstić information content (AvgIpc) is 2.60. The minimum absolute atomic E-state index is 0.548. The van der Waals surface area contributed by atoms with Crippen molar-refractivity contribution in [3.8, 4) is 5.75 Å². The van der Waals surface area contributed by atoms with Crippen molar-refractivity contribution in [2.75, 3.05) is 24.3 Å². The lowest BCUT2D eigenvalue weighted by Gasteiger charge is -2.13. The SMILES string of the molecule is CCCNc1nc(Nc2ccccc2OC)nc2ccccc12. The first kappa shape index (κ1) is 15.1. The highest BCUT2D eigenvalue weighted by atomic mass is 16.5.